The van der Waals surface area contributed by atoms with Gasteiger partial charge in [0.05, 0.1) is 6.10 Å². The minimum absolute atomic E-state index is 0.109. The van der Waals surface area contributed by atoms with Crippen LogP contribution < -0.4 is 5.32 Å². The second kappa shape index (κ2) is 9.48. The quantitative estimate of drug-likeness (QED) is 0.758. The van der Waals surface area contributed by atoms with E-state index >= 15 is 0 Å². The van der Waals surface area contributed by atoms with Crippen LogP contribution in [0.15, 0.2) is 28.7 Å². The molecule has 0 saturated carbocycles. The molecule has 2 amide bonds. The maximum atomic E-state index is 12.3. The summed E-state index contributed by atoms with van der Waals surface area (Å²) in [6.07, 6.45) is 3.02. The number of piperazine rings is 1. The van der Waals surface area contributed by atoms with Crippen LogP contribution in [0, 0.1) is 0 Å². The fraction of sp³-hybridized carbons (Fsp3) is 0.579. The molecule has 0 spiro atoms. The molecule has 26 heavy (non-hydrogen) atoms. The van der Waals surface area contributed by atoms with E-state index in [1.807, 2.05) is 17.0 Å². The highest BCUT2D eigenvalue weighted by atomic mass is 79.9. The second-order valence-electron chi connectivity index (χ2n) is 6.83. The van der Waals surface area contributed by atoms with Gasteiger partial charge in [-0.2, -0.15) is 0 Å². The Labute approximate surface area is 163 Å². The molecule has 2 aliphatic rings. The Hall–Kier alpha value is -1.44. The van der Waals surface area contributed by atoms with Crippen LogP contribution in [0.2, 0.25) is 0 Å². The largest absolute Gasteiger partial charge is 0.377 e. The van der Waals surface area contributed by atoms with Gasteiger partial charge in [-0.3, -0.25) is 14.5 Å². The van der Waals surface area contributed by atoms with Gasteiger partial charge in [0.15, 0.2) is 0 Å². The number of carbonyl (C=O) groups excluding carboxylic acids is 2. The molecular weight excluding hydrogens is 398 g/mol. The summed E-state index contributed by atoms with van der Waals surface area (Å²) in [5, 5.41) is 2.82. The van der Waals surface area contributed by atoms with Gasteiger partial charge >= 0.3 is 0 Å². The van der Waals surface area contributed by atoms with Crippen LogP contribution in [0.1, 0.15) is 29.6 Å². The first-order valence-corrected chi connectivity index (χ1v) is 10.1. The summed E-state index contributed by atoms with van der Waals surface area (Å²) in [6, 6.07) is 7.18. The zero-order chi connectivity index (χ0) is 18.4. The number of hydrogen-bond donors (Lipinski definition) is 1. The molecule has 0 aromatic heterocycles. The van der Waals surface area contributed by atoms with E-state index in [2.05, 4.69) is 26.1 Å². The van der Waals surface area contributed by atoms with Gasteiger partial charge in [0.2, 0.25) is 5.91 Å². The second-order valence-corrected chi connectivity index (χ2v) is 7.74. The summed E-state index contributed by atoms with van der Waals surface area (Å²) >= 11 is 3.35. The fourth-order valence-electron chi connectivity index (χ4n) is 3.40. The SMILES string of the molecule is O=C(NCCC(=O)N1CCN(CC2CCCO2)CC1)c1ccc(Br)cc1. The standard InChI is InChI=1S/C19H26BrN3O3/c20-16-5-3-15(4-6-16)19(25)21-8-7-18(24)23-11-9-22(10-12-23)14-17-2-1-13-26-17/h3-6,17H,1-2,7-14H2,(H,21,25). The van der Waals surface area contributed by atoms with Crippen LogP contribution in [-0.4, -0.2) is 73.6 Å². The van der Waals surface area contributed by atoms with Gasteiger partial charge in [0.25, 0.3) is 5.91 Å². The maximum absolute atomic E-state index is 12.3. The lowest BCUT2D eigenvalue weighted by Gasteiger charge is -2.35. The predicted octanol–water partition coefficient (Wildman–Crippen LogP) is 1.89. The number of benzene rings is 1. The normalized spacial score (nSPS) is 21.0. The number of hydrogen-bond acceptors (Lipinski definition) is 4. The summed E-state index contributed by atoms with van der Waals surface area (Å²) in [5.41, 5.74) is 0.600. The molecule has 1 unspecified atom stereocenters. The van der Waals surface area contributed by atoms with Gasteiger partial charge in [-0.1, -0.05) is 15.9 Å². The zero-order valence-electron chi connectivity index (χ0n) is 15.0. The van der Waals surface area contributed by atoms with Gasteiger partial charge in [-0.25, -0.2) is 0 Å². The highest BCUT2D eigenvalue weighted by Crippen LogP contribution is 2.15. The van der Waals surface area contributed by atoms with Crippen molar-refractivity contribution in [3.05, 3.63) is 34.3 Å². The predicted molar refractivity (Wildman–Crippen MR) is 103 cm³/mol. The average molecular weight is 424 g/mol. The summed E-state index contributed by atoms with van der Waals surface area (Å²) < 4.78 is 6.62. The maximum Gasteiger partial charge on any atom is 0.251 e. The molecule has 0 aliphatic carbocycles. The van der Waals surface area contributed by atoms with Crippen molar-refractivity contribution in [3.63, 3.8) is 0 Å². The fourth-order valence-corrected chi connectivity index (χ4v) is 3.66. The number of carbonyl (C=O) groups is 2. The van der Waals surface area contributed by atoms with Crippen LogP contribution in [0.5, 0.6) is 0 Å². The van der Waals surface area contributed by atoms with Gasteiger partial charge in [-0.05, 0) is 37.1 Å². The molecule has 6 nitrogen and oxygen atoms in total. The molecule has 0 bridgehead atoms. The summed E-state index contributed by atoms with van der Waals surface area (Å²) in [7, 11) is 0. The van der Waals surface area contributed by atoms with Crippen molar-refractivity contribution in [3.8, 4) is 0 Å². The molecule has 3 rings (SSSR count). The van der Waals surface area contributed by atoms with E-state index in [4.69, 9.17) is 4.74 Å². The van der Waals surface area contributed by atoms with Crippen molar-refractivity contribution < 1.29 is 14.3 Å². The van der Waals surface area contributed by atoms with Gasteiger partial charge in [-0.15, -0.1) is 0 Å². The van der Waals surface area contributed by atoms with Crippen molar-refractivity contribution in [2.45, 2.75) is 25.4 Å². The Morgan fingerprint density at radius 1 is 1.15 bits per heavy atom. The van der Waals surface area contributed by atoms with Crippen LogP contribution >= 0.6 is 15.9 Å². The molecule has 1 aromatic rings. The number of nitrogens with one attached hydrogen (secondary N) is 1. The lowest BCUT2D eigenvalue weighted by molar-refractivity contribution is -0.132. The molecule has 2 saturated heterocycles. The third-order valence-corrected chi connectivity index (χ3v) is 5.47. The van der Waals surface area contributed by atoms with Gasteiger partial charge in [0, 0.05) is 62.3 Å². The molecule has 7 heteroatoms. The first kappa shape index (κ1) is 19.3. The number of ether oxygens (including phenoxy) is 1. The molecule has 142 valence electrons. The lowest BCUT2D eigenvalue weighted by atomic mass is 10.2. The van der Waals surface area contributed by atoms with E-state index < -0.39 is 0 Å². The molecule has 0 radical (unpaired) electrons. The topological polar surface area (TPSA) is 61.9 Å². The Balaban J connectivity index is 1.33. The van der Waals surface area contributed by atoms with Gasteiger partial charge < -0.3 is 15.0 Å². The first-order valence-electron chi connectivity index (χ1n) is 9.27. The van der Waals surface area contributed by atoms with E-state index in [1.54, 1.807) is 12.1 Å². The molecule has 2 heterocycles. The summed E-state index contributed by atoms with van der Waals surface area (Å²) in [5.74, 6) is -0.0374. The molecule has 2 aliphatic heterocycles. The number of nitrogens with zero attached hydrogens (tertiary/aromatic N) is 2. The smallest absolute Gasteiger partial charge is 0.251 e. The summed E-state index contributed by atoms with van der Waals surface area (Å²) in [6.45, 7) is 5.54. The van der Waals surface area contributed by atoms with Crippen molar-refractivity contribution in [2.75, 3.05) is 45.9 Å². The molecule has 1 aromatic carbocycles. The number of amides is 2. The molecule has 1 atom stereocenters. The van der Waals surface area contributed by atoms with Crippen LogP contribution in [0.3, 0.4) is 0 Å². The van der Waals surface area contributed by atoms with Crippen LogP contribution in [0.25, 0.3) is 0 Å². The zero-order valence-corrected chi connectivity index (χ0v) is 16.5. The van der Waals surface area contributed by atoms with E-state index in [1.165, 1.54) is 0 Å². The van der Waals surface area contributed by atoms with Crippen molar-refractivity contribution in [1.29, 1.82) is 0 Å². The Morgan fingerprint density at radius 2 is 1.88 bits per heavy atom. The number of halogens is 1. The Bertz CT molecular complexity index is 609. The van der Waals surface area contributed by atoms with Gasteiger partial charge in [0.1, 0.15) is 0 Å². The highest BCUT2D eigenvalue weighted by molar-refractivity contribution is 9.10. The number of rotatable bonds is 6. The third-order valence-electron chi connectivity index (χ3n) is 4.94. The molecule has 2 fully saturated rings. The highest BCUT2D eigenvalue weighted by Gasteiger charge is 2.24. The van der Waals surface area contributed by atoms with Crippen molar-refractivity contribution >= 4 is 27.7 Å². The summed E-state index contributed by atoms with van der Waals surface area (Å²) in [4.78, 5) is 28.7. The van der Waals surface area contributed by atoms with E-state index in [-0.39, 0.29) is 11.8 Å². The lowest BCUT2D eigenvalue weighted by Crippen LogP contribution is -2.50. The first-order chi connectivity index (χ1) is 12.6. The Kier molecular flexibility index (Phi) is 7.05. The van der Waals surface area contributed by atoms with Crippen LogP contribution in [-0.2, 0) is 9.53 Å². The third kappa shape index (κ3) is 5.53. The minimum atomic E-state index is -0.147. The van der Waals surface area contributed by atoms with E-state index in [0.29, 0.717) is 24.6 Å². The minimum Gasteiger partial charge on any atom is -0.377 e. The van der Waals surface area contributed by atoms with Crippen molar-refractivity contribution in [2.24, 2.45) is 0 Å². The van der Waals surface area contributed by atoms with Crippen molar-refractivity contribution in [1.82, 2.24) is 15.1 Å². The average Bonchev–Trinajstić information content (AvgIpc) is 3.15. The van der Waals surface area contributed by atoms with E-state index in [9.17, 15) is 9.59 Å². The molecule has 1 N–H and O–H groups in total. The van der Waals surface area contributed by atoms with E-state index in [0.717, 1.165) is 56.6 Å². The molecular formula is C19H26BrN3O3. The Morgan fingerprint density at radius 3 is 2.54 bits per heavy atom. The monoisotopic (exact) mass is 423 g/mol. The van der Waals surface area contributed by atoms with Crippen LogP contribution in [0.4, 0.5) is 0 Å².